The molecule has 2 aliphatic heterocycles. The summed E-state index contributed by atoms with van der Waals surface area (Å²) in [7, 11) is -3.67. The molecule has 0 unspecified atom stereocenters. The number of nitrogens with zero attached hydrogens (tertiary/aromatic N) is 3. The Morgan fingerprint density at radius 2 is 2.00 bits per heavy atom. The van der Waals surface area contributed by atoms with Gasteiger partial charge in [-0.3, -0.25) is 4.68 Å². The largest absolute Gasteiger partial charge is 0.381 e. The van der Waals surface area contributed by atoms with Crippen molar-refractivity contribution in [3.63, 3.8) is 0 Å². The molecule has 1 atom stereocenters. The van der Waals surface area contributed by atoms with Crippen LogP contribution in [-0.2, 0) is 14.8 Å². The Morgan fingerprint density at radius 3 is 2.77 bits per heavy atom. The Hall–Kier alpha value is -1.77. The van der Waals surface area contributed by atoms with Crippen LogP contribution < -0.4 is 0 Å². The highest BCUT2D eigenvalue weighted by Gasteiger charge is 2.37. The van der Waals surface area contributed by atoms with Gasteiger partial charge in [0.2, 0.25) is 10.0 Å². The Balaban J connectivity index is 1.60. The highest BCUT2D eigenvalue weighted by atomic mass is 32.2. The van der Waals surface area contributed by atoms with Gasteiger partial charge < -0.3 is 4.74 Å². The molecule has 0 radical (unpaired) electrons. The average molecular weight is 379 g/mol. The first kappa shape index (κ1) is 17.6. The molecule has 140 valence electrons. The topological polar surface area (TPSA) is 64.4 Å². The minimum atomic E-state index is -3.67. The van der Waals surface area contributed by atoms with Gasteiger partial charge in [0.15, 0.2) is 0 Å². The van der Waals surface area contributed by atoms with E-state index in [2.05, 4.69) is 5.10 Å². The van der Waals surface area contributed by atoms with Crippen molar-refractivity contribution in [3.8, 4) is 0 Å². The van der Waals surface area contributed by atoms with Gasteiger partial charge in [-0.05, 0) is 43.4 Å². The maximum absolute atomic E-state index is 13.6. The number of benzene rings is 1. The number of halogens is 1. The van der Waals surface area contributed by atoms with Gasteiger partial charge >= 0.3 is 0 Å². The minimum absolute atomic E-state index is 0.172. The van der Waals surface area contributed by atoms with Crippen molar-refractivity contribution < 1.29 is 17.5 Å². The molecular formula is C18H22FN3O3S. The van der Waals surface area contributed by atoms with E-state index in [1.807, 2.05) is 0 Å². The van der Waals surface area contributed by atoms with Gasteiger partial charge in [0.25, 0.3) is 0 Å². The van der Waals surface area contributed by atoms with Crippen LogP contribution in [0.15, 0.2) is 41.6 Å². The van der Waals surface area contributed by atoms with Crippen LogP contribution in [0.4, 0.5) is 4.39 Å². The highest BCUT2D eigenvalue weighted by Crippen LogP contribution is 2.37. The second-order valence-electron chi connectivity index (χ2n) is 6.83. The van der Waals surface area contributed by atoms with Crippen LogP contribution in [-0.4, -0.2) is 42.3 Å². The number of ether oxygens (including phenoxy) is 1. The Kier molecular flexibility index (Phi) is 4.81. The van der Waals surface area contributed by atoms with Gasteiger partial charge in [-0.25, -0.2) is 12.8 Å². The first-order chi connectivity index (χ1) is 12.6. The van der Waals surface area contributed by atoms with E-state index in [0.717, 1.165) is 19.3 Å². The summed E-state index contributed by atoms with van der Waals surface area (Å²) >= 11 is 0. The van der Waals surface area contributed by atoms with Gasteiger partial charge in [-0.1, -0.05) is 12.1 Å². The van der Waals surface area contributed by atoms with Crippen LogP contribution in [0.1, 0.15) is 43.3 Å². The summed E-state index contributed by atoms with van der Waals surface area (Å²) < 4.78 is 48.5. The molecule has 1 aromatic carbocycles. The van der Waals surface area contributed by atoms with Crippen molar-refractivity contribution >= 4 is 10.0 Å². The second kappa shape index (κ2) is 7.09. The van der Waals surface area contributed by atoms with Crippen LogP contribution >= 0.6 is 0 Å². The van der Waals surface area contributed by atoms with Crippen LogP contribution in [0.5, 0.6) is 0 Å². The van der Waals surface area contributed by atoms with E-state index in [-0.39, 0.29) is 22.8 Å². The van der Waals surface area contributed by atoms with Crippen molar-refractivity contribution in [2.24, 2.45) is 0 Å². The molecule has 0 bridgehead atoms. The third kappa shape index (κ3) is 3.28. The average Bonchev–Trinajstić information content (AvgIpc) is 3.33. The zero-order chi connectivity index (χ0) is 18.1. The Morgan fingerprint density at radius 1 is 1.19 bits per heavy atom. The molecule has 0 spiro atoms. The molecule has 2 aromatic rings. The monoisotopic (exact) mass is 379 g/mol. The number of sulfonamides is 1. The van der Waals surface area contributed by atoms with Gasteiger partial charge in [-0.2, -0.15) is 9.40 Å². The summed E-state index contributed by atoms with van der Waals surface area (Å²) in [6.45, 7) is 1.77. The molecule has 26 heavy (non-hydrogen) atoms. The standard InChI is InChI=1S/C18H22FN3O3S/c19-15-4-1-3-14(11-15)18-5-2-8-22(18)26(23,24)17-12-20-21(13-17)16-6-9-25-10-7-16/h1,3-4,11-13,16,18H,2,5-10H2/t18-/m0/s1. The molecule has 0 N–H and O–H groups in total. The van der Waals surface area contributed by atoms with Gasteiger partial charge in [0.05, 0.1) is 18.3 Å². The number of hydrogen-bond donors (Lipinski definition) is 0. The van der Waals surface area contributed by atoms with Crippen molar-refractivity contribution in [1.29, 1.82) is 0 Å². The summed E-state index contributed by atoms with van der Waals surface area (Å²) in [5, 5.41) is 4.28. The van der Waals surface area contributed by atoms with E-state index in [0.29, 0.717) is 31.7 Å². The van der Waals surface area contributed by atoms with Crippen molar-refractivity contribution in [1.82, 2.24) is 14.1 Å². The maximum Gasteiger partial charge on any atom is 0.246 e. The van der Waals surface area contributed by atoms with Gasteiger partial charge in [-0.15, -0.1) is 0 Å². The predicted molar refractivity (Wildman–Crippen MR) is 93.6 cm³/mol. The van der Waals surface area contributed by atoms with Gasteiger partial charge in [0.1, 0.15) is 10.7 Å². The first-order valence-corrected chi connectivity index (χ1v) is 10.4. The number of rotatable bonds is 4. The van der Waals surface area contributed by atoms with E-state index in [9.17, 15) is 12.8 Å². The molecule has 4 rings (SSSR count). The second-order valence-corrected chi connectivity index (χ2v) is 8.72. The van der Waals surface area contributed by atoms with Crippen molar-refractivity contribution in [3.05, 3.63) is 48.0 Å². The SMILES string of the molecule is O=S(=O)(c1cnn(C2CCOCC2)c1)N1CCC[C@H]1c1cccc(F)c1. The maximum atomic E-state index is 13.6. The minimum Gasteiger partial charge on any atom is -0.381 e. The van der Waals surface area contributed by atoms with Crippen molar-refractivity contribution in [2.45, 2.75) is 42.7 Å². The fraction of sp³-hybridized carbons (Fsp3) is 0.500. The molecule has 6 nitrogen and oxygen atoms in total. The van der Waals surface area contributed by atoms with Crippen LogP contribution in [0, 0.1) is 5.82 Å². The zero-order valence-electron chi connectivity index (χ0n) is 14.4. The fourth-order valence-electron chi connectivity index (χ4n) is 3.81. The first-order valence-electron chi connectivity index (χ1n) is 8.95. The summed E-state index contributed by atoms with van der Waals surface area (Å²) in [5.74, 6) is -0.348. The van der Waals surface area contributed by atoms with E-state index in [1.54, 1.807) is 23.0 Å². The lowest BCUT2D eigenvalue weighted by atomic mass is 10.1. The van der Waals surface area contributed by atoms with Gasteiger partial charge in [0, 0.05) is 26.0 Å². The Bertz CT molecular complexity index is 877. The van der Waals surface area contributed by atoms with E-state index in [4.69, 9.17) is 4.74 Å². The summed E-state index contributed by atoms with van der Waals surface area (Å²) in [4.78, 5) is 0.201. The van der Waals surface area contributed by atoms with Crippen LogP contribution in [0.2, 0.25) is 0 Å². The summed E-state index contributed by atoms with van der Waals surface area (Å²) in [5.41, 5.74) is 0.697. The fourth-order valence-corrected chi connectivity index (χ4v) is 5.44. The molecule has 0 saturated carbocycles. The lowest BCUT2D eigenvalue weighted by molar-refractivity contribution is 0.0662. The van der Waals surface area contributed by atoms with E-state index in [1.165, 1.54) is 22.6 Å². The lowest BCUT2D eigenvalue weighted by Gasteiger charge is -2.24. The number of aromatic nitrogens is 2. The van der Waals surface area contributed by atoms with Crippen LogP contribution in [0.3, 0.4) is 0 Å². The van der Waals surface area contributed by atoms with E-state index < -0.39 is 10.0 Å². The molecule has 1 aromatic heterocycles. The molecule has 8 heteroatoms. The molecule has 0 amide bonds. The molecule has 2 aliphatic rings. The third-order valence-corrected chi connectivity index (χ3v) is 7.05. The summed E-state index contributed by atoms with van der Waals surface area (Å²) in [6.07, 6.45) is 6.15. The lowest BCUT2D eigenvalue weighted by Crippen LogP contribution is -2.30. The predicted octanol–water partition coefficient (Wildman–Crippen LogP) is 2.90. The molecule has 2 fully saturated rings. The quantitative estimate of drug-likeness (QED) is 0.819. The normalized spacial score (nSPS) is 22.7. The summed E-state index contributed by atoms with van der Waals surface area (Å²) in [6, 6.07) is 6.04. The Labute approximate surface area is 152 Å². The third-order valence-electron chi connectivity index (χ3n) is 5.19. The molecule has 0 aliphatic carbocycles. The highest BCUT2D eigenvalue weighted by molar-refractivity contribution is 7.89. The smallest absolute Gasteiger partial charge is 0.246 e. The number of hydrogen-bond acceptors (Lipinski definition) is 4. The van der Waals surface area contributed by atoms with E-state index >= 15 is 0 Å². The molecule has 2 saturated heterocycles. The molecular weight excluding hydrogens is 357 g/mol. The molecule has 3 heterocycles. The zero-order valence-corrected chi connectivity index (χ0v) is 15.2. The van der Waals surface area contributed by atoms with Crippen LogP contribution in [0.25, 0.3) is 0 Å². The van der Waals surface area contributed by atoms with Crippen molar-refractivity contribution in [2.75, 3.05) is 19.8 Å².